The molecule has 4 nitrogen and oxygen atoms in total. The number of methoxy groups -OCH3 is 1. The largest absolute Gasteiger partial charge is 0.481 e. The molecule has 0 saturated heterocycles. The molecule has 1 aromatic rings. The van der Waals surface area contributed by atoms with Crippen molar-refractivity contribution in [1.29, 1.82) is 0 Å². The lowest BCUT2D eigenvalue weighted by atomic mass is 10.3. The van der Waals surface area contributed by atoms with Crippen LogP contribution in [0.1, 0.15) is 12.5 Å². The third-order valence-corrected chi connectivity index (χ3v) is 1.58. The fourth-order valence-corrected chi connectivity index (χ4v) is 0.985. The van der Waals surface area contributed by atoms with Crippen molar-refractivity contribution < 1.29 is 4.74 Å². The summed E-state index contributed by atoms with van der Waals surface area (Å²) in [6.45, 7) is 4.80. The summed E-state index contributed by atoms with van der Waals surface area (Å²) in [6.07, 6.45) is 1.49. The highest BCUT2D eigenvalue weighted by atomic mass is 16.5. The number of aromatic nitrogens is 2. The van der Waals surface area contributed by atoms with E-state index in [1.165, 1.54) is 6.33 Å². The summed E-state index contributed by atoms with van der Waals surface area (Å²) in [6, 6.07) is 0. The number of hydrogen-bond acceptors (Lipinski definition) is 4. The molecule has 1 heterocycles. The average molecular weight is 167 g/mol. The first kappa shape index (κ1) is 8.77. The van der Waals surface area contributed by atoms with E-state index in [2.05, 4.69) is 15.3 Å². The van der Waals surface area contributed by atoms with E-state index in [9.17, 15) is 0 Å². The molecule has 0 aliphatic carbocycles. The number of hydrogen-bond donors (Lipinski definition) is 1. The van der Waals surface area contributed by atoms with Crippen molar-refractivity contribution in [1.82, 2.24) is 9.97 Å². The summed E-state index contributed by atoms with van der Waals surface area (Å²) < 4.78 is 5.04. The van der Waals surface area contributed by atoms with Crippen LogP contribution in [0, 0.1) is 6.92 Å². The Morgan fingerprint density at radius 2 is 2.25 bits per heavy atom. The molecule has 0 bridgehead atoms. The molecule has 4 heteroatoms. The molecular weight excluding hydrogens is 154 g/mol. The predicted octanol–water partition coefficient (Wildman–Crippen LogP) is 1.23. The highest BCUT2D eigenvalue weighted by Gasteiger charge is 2.04. The second-order valence-corrected chi connectivity index (χ2v) is 2.39. The Morgan fingerprint density at radius 3 is 2.83 bits per heavy atom. The fraction of sp³-hybridized carbons (Fsp3) is 0.500. The lowest BCUT2D eigenvalue weighted by Gasteiger charge is -2.07. The number of nitrogens with one attached hydrogen (secondary N) is 1. The second kappa shape index (κ2) is 3.90. The molecule has 1 aromatic heterocycles. The van der Waals surface area contributed by atoms with Gasteiger partial charge in [-0.15, -0.1) is 0 Å². The molecular formula is C8H13N3O. The standard InChI is InChI=1S/C8H13N3O/c1-4-9-7-6(2)8(12-3)11-5-10-7/h5H,4H2,1-3H3,(H,9,10,11). The van der Waals surface area contributed by atoms with Crippen molar-refractivity contribution in [2.24, 2.45) is 0 Å². The van der Waals surface area contributed by atoms with Crippen molar-refractivity contribution in [2.45, 2.75) is 13.8 Å². The van der Waals surface area contributed by atoms with Gasteiger partial charge < -0.3 is 10.1 Å². The Kier molecular flexibility index (Phi) is 2.85. The zero-order chi connectivity index (χ0) is 8.97. The van der Waals surface area contributed by atoms with Crippen LogP contribution in [0.5, 0.6) is 5.88 Å². The van der Waals surface area contributed by atoms with Crippen molar-refractivity contribution in [3.63, 3.8) is 0 Å². The Hall–Kier alpha value is -1.32. The first-order chi connectivity index (χ1) is 5.79. The Balaban J connectivity index is 2.97. The number of ether oxygens (including phenoxy) is 1. The smallest absolute Gasteiger partial charge is 0.221 e. The zero-order valence-corrected chi connectivity index (χ0v) is 7.59. The van der Waals surface area contributed by atoms with Gasteiger partial charge in [0.2, 0.25) is 5.88 Å². The van der Waals surface area contributed by atoms with E-state index in [1.807, 2.05) is 13.8 Å². The molecule has 0 aliphatic rings. The Morgan fingerprint density at radius 1 is 1.50 bits per heavy atom. The Labute approximate surface area is 72.0 Å². The fourth-order valence-electron chi connectivity index (χ4n) is 0.985. The van der Waals surface area contributed by atoms with Crippen LogP contribution in [0.3, 0.4) is 0 Å². The van der Waals surface area contributed by atoms with Crippen molar-refractivity contribution in [3.05, 3.63) is 11.9 Å². The van der Waals surface area contributed by atoms with E-state index >= 15 is 0 Å². The van der Waals surface area contributed by atoms with Gasteiger partial charge in [-0.2, -0.15) is 0 Å². The molecule has 0 amide bonds. The summed E-state index contributed by atoms with van der Waals surface area (Å²) in [7, 11) is 1.60. The van der Waals surface area contributed by atoms with E-state index in [4.69, 9.17) is 4.74 Å². The van der Waals surface area contributed by atoms with Crippen molar-refractivity contribution in [3.8, 4) is 5.88 Å². The predicted molar refractivity (Wildman–Crippen MR) is 47.5 cm³/mol. The minimum atomic E-state index is 0.626. The molecule has 0 atom stereocenters. The van der Waals surface area contributed by atoms with Crippen LogP contribution < -0.4 is 10.1 Å². The highest BCUT2D eigenvalue weighted by Crippen LogP contribution is 2.18. The van der Waals surface area contributed by atoms with Gasteiger partial charge in [0, 0.05) is 6.54 Å². The van der Waals surface area contributed by atoms with Crippen LogP contribution in [-0.2, 0) is 0 Å². The maximum Gasteiger partial charge on any atom is 0.221 e. The van der Waals surface area contributed by atoms with Crippen molar-refractivity contribution in [2.75, 3.05) is 19.0 Å². The van der Waals surface area contributed by atoms with Gasteiger partial charge in [-0.05, 0) is 13.8 Å². The summed E-state index contributed by atoms with van der Waals surface area (Å²) in [5, 5.41) is 3.12. The van der Waals surface area contributed by atoms with Gasteiger partial charge in [-0.25, -0.2) is 9.97 Å². The van der Waals surface area contributed by atoms with Gasteiger partial charge in [0.15, 0.2) is 0 Å². The molecule has 0 aliphatic heterocycles. The minimum absolute atomic E-state index is 0.626. The van der Waals surface area contributed by atoms with Crippen LogP contribution in [0.25, 0.3) is 0 Å². The van der Waals surface area contributed by atoms with E-state index in [1.54, 1.807) is 7.11 Å². The van der Waals surface area contributed by atoms with Crippen molar-refractivity contribution >= 4 is 5.82 Å². The summed E-state index contributed by atoms with van der Waals surface area (Å²) in [5.74, 6) is 1.46. The molecule has 0 fully saturated rings. The van der Waals surface area contributed by atoms with E-state index in [-0.39, 0.29) is 0 Å². The highest BCUT2D eigenvalue weighted by molar-refractivity contribution is 5.47. The minimum Gasteiger partial charge on any atom is -0.481 e. The topological polar surface area (TPSA) is 47.0 Å². The van der Waals surface area contributed by atoms with Crippen LogP contribution in [0.2, 0.25) is 0 Å². The van der Waals surface area contributed by atoms with E-state index in [0.29, 0.717) is 5.88 Å². The third kappa shape index (κ3) is 1.64. The van der Waals surface area contributed by atoms with Gasteiger partial charge in [0.05, 0.1) is 12.7 Å². The van der Waals surface area contributed by atoms with Gasteiger partial charge in [-0.3, -0.25) is 0 Å². The van der Waals surface area contributed by atoms with E-state index < -0.39 is 0 Å². The molecule has 12 heavy (non-hydrogen) atoms. The first-order valence-electron chi connectivity index (χ1n) is 3.89. The maximum absolute atomic E-state index is 5.04. The van der Waals surface area contributed by atoms with Gasteiger partial charge in [0.1, 0.15) is 12.1 Å². The number of nitrogens with zero attached hydrogens (tertiary/aromatic N) is 2. The normalized spacial score (nSPS) is 9.58. The summed E-state index contributed by atoms with van der Waals surface area (Å²) in [5.41, 5.74) is 0.946. The number of rotatable bonds is 3. The molecule has 0 unspecified atom stereocenters. The lowest BCUT2D eigenvalue weighted by molar-refractivity contribution is 0.393. The number of anilines is 1. The molecule has 1 N–H and O–H groups in total. The SMILES string of the molecule is CCNc1ncnc(OC)c1C. The van der Waals surface area contributed by atoms with Crippen LogP contribution in [-0.4, -0.2) is 23.6 Å². The molecule has 0 aromatic carbocycles. The second-order valence-electron chi connectivity index (χ2n) is 2.39. The van der Waals surface area contributed by atoms with Gasteiger partial charge >= 0.3 is 0 Å². The van der Waals surface area contributed by atoms with Crippen LogP contribution in [0.15, 0.2) is 6.33 Å². The quantitative estimate of drug-likeness (QED) is 0.735. The maximum atomic E-state index is 5.04. The molecule has 0 radical (unpaired) electrons. The zero-order valence-electron chi connectivity index (χ0n) is 7.59. The monoisotopic (exact) mass is 167 g/mol. The molecule has 66 valence electrons. The van der Waals surface area contributed by atoms with Gasteiger partial charge in [-0.1, -0.05) is 0 Å². The van der Waals surface area contributed by atoms with Crippen LogP contribution >= 0.6 is 0 Å². The molecule has 1 rings (SSSR count). The first-order valence-corrected chi connectivity index (χ1v) is 3.89. The Bertz CT molecular complexity index is 262. The average Bonchev–Trinajstić information content (AvgIpc) is 2.09. The van der Waals surface area contributed by atoms with Crippen LogP contribution in [0.4, 0.5) is 5.82 Å². The lowest BCUT2D eigenvalue weighted by Crippen LogP contribution is -2.03. The molecule has 0 spiro atoms. The van der Waals surface area contributed by atoms with Gasteiger partial charge in [0.25, 0.3) is 0 Å². The molecule has 0 saturated carbocycles. The third-order valence-electron chi connectivity index (χ3n) is 1.58. The summed E-state index contributed by atoms with van der Waals surface area (Å²) >= 11 is 0. The summed E-state index contributed by atoms with van der Waals surface area (Å²) in [4.78, 5) is 8.04. The van der Waals surface area contributed by atoms with E-state index in [0.717, 1.165) is 17.9 Å².